The SMILES string of the molecule is C=CCc1ccc(C(=O)O)c(C(=O)O)c1CC=C.O=C(O)c1ccccc1C(=O)O.O=C(O)c1ccccc1C(=O)O.O=C(O)c1ccccc1C(=O)O.O=C(O)c1ccccc1C(=O)O.O=C(O)c1ccccc1C(=O)O. The van der Waals surface area contributed by atoms with E-state index >= 15 is 0 Å². The molecule has 0 aliphatic rings. The second kappa shape index (κ2) is 31.8. The van der Waals surface area contributed by atoms with E-state index in [2.05, 4.69) is 13.2 Å². The van der Waals surface area contributed by atoms with E-state index in [0.29, 0.717) is 18.4 Å². The molecule has 12 N–H and O–H groups in total. The van der Waals surface area contributed by atoms with Gasteiger partial charge in [0.2, 0.25) is 0 Å². The molecular weight excluding hydrogens is 1030 g/mol. The molecule has 24 heteroatoms. The first-order valence-electron chi connectivity index (χ1n) is 21.3. The lowest BCUT2D eigenvalue weighted by atomic mass is 9.92. The lowest BCUT2D eigenvalue weighted by Crippen LogP contribution is -2.13. The average Bonchev–Trinajstić information content (AvgIpc) is 3.39. The molecule has 0 heterocycles. The second-order valence-electron chi connectivity index (χ2n) is 14.5. The van der Waals surface area contributed by atoms with E-state index in [4.69, 9.17) is 56.2 Å². The van der Waals surface area contributed by atoms with E-state index in [1.807, 2.05) is 0 Å². The van der Waals surface area contributed by atoms with Crippen molar-refractivity contribution in [3.05, 3.63) is 237 Å². The predicted molar refractivity (Wildman–Crippen MR) is 270 cm³/mol. The van der Waals surface area contributed by atoms with Gasteiger partial charge in [0.25, 0.3) is 0 Å². The number of carboxylic acid groups (broad SMARTS) is 12. The maximum atomic E-state index is 11.3. The van der Waals surface area contributed by atoms with E-state index in [-0.39, 0.29) is 66.8 Å². The highest BCUT2D eigenvalue weighted by atomic mass is 16.4. The minimum absolute atomic E-state index is 0.165. The fourth-order valence-corrected chi connectivity index (χ4v) is 6.12. The topological polar surface area (TPSA) is 448 Å². The minimum atomic E-state index is -1.25. The van der Waals surface area contributed by atoms with Crippen LogP contribution in [0.1, 0.15) is 135 Å². The third-order valence-electron chi connectivity index (χ3n) is 9.51. The largest absolute Gasteiger partial charge is 0.478 e. The van der Waals surface area contributed by atoms with Gasteiger partial charge in [0.15, 0.2) is 0 Å². The van der Waals surface area contributed by atoms with Gasteiger partial charge in [0.05, 0.1) is 66.8 Å². The van der Waals surface area contributed by atoms with Crippen LogP contribution in [0.3, 0.4) is 0 Å². The van der Waals surface area contributed by atoms with Crippen LogP contribution < -0.4 is 0 Å². The normalized spacial score (nSPS) is 9.44. The summed E-state index contributed by atoms with van der Waals surface area (Å²) in [5.74, 6) is -14.8. The molecule has 0 radical (unpaired) electrons. The Morgan fingerprint density at radius 2 is 0.436 bits per heavy atom. The van der Waals surface area contributed by atoms with Crippen LogP contribution in [-0.4, -0.2) is 133 Å². The van der Waals surface area contributed by atoms with E-state index in [1.54, 1.807) is 18.2 Å². The van der Waals surface area contributed by atoms with Crippen molar-refractivity contribution in [1.29, 1.82) is 0 Å². The van der Waals surface area contributed by atoms with E-state index < -0.39 is 71.6 Å². The van der Waals surface area contributed by atoms with Gasteiger partial charge in [0.1, 0.15) is 0 Å². The van der Waals surface area contributed by atoms with Gasteiger partial charge in [0, 0.05) is 0 Å². The predicted octanol–water partition coefficient (Wildman–Crippen LogP) is 7.96. The summed E-state index contributed by atoms with van der Waals surface area (Å²) in [5.41, 5.74) is -1.02. The lowest BCUT2D eigenvalue weighted by molar-refractivity contribution is 0.0650. The van der Waals surface area contributed by atoms with Gasteiger partial charge in [-0.3, -0.25) is 0 Å². The molecule has 0 atom stereocenters. The molecule has 0 aliphatic heterocycles. The van der Waals surface area contributed by atoms with Crippen molar-refractivity contribution in [2.75, 3.05) is 0 Å². The molecule has 6 aromatic rings. The first kappa shape index (κ1) is 64.5. The summed E-state index contributed by atoms with van der Waals surface area (Å²) in [7, 11) is 0. The maximum absolute atomic E-state index is 11.3. The van der Waals surface area contributed by atoms with Gasteiger partial charge in [-0.2, -0.15) is 0 Å². The number of carboxylic acids is 12. The fourth-order valence-electron chi connectivity index (χ4n) is 6.12. The van der Waals surface area contributed by atoms with Crippen molar-refractivity contribution in [3.63, 3.8) is 0 Å². The van der Waals surface area contributed by atoms with Gasteiger partial charge >= 0.3 is 71.6 Å². The summed E-state index contributed by atoms with van der Waals surface area (Å²) in [6.45, 7) is 7.17. The quantitative estimate of drug-likeness (QED) is 0.0409. The molecule has 404 valence electrons. The average molecular weight is 1080 g/mol. The zero-order valence-corrected chi connectivity index (χ0v) is 40.0. The molecule has 78 heavy (non-hydrogen) atoms. The first-order valence-corrected chi connectivity index (χ1v) is 21.3. The van der Waals surface area contributed by atoms with E-state index in [1.165, 1.54) is 127 Å². The lowest BCUT2D eigenvalue weighted by Gasteiger charge is -2.12. The number of hydrogen-bond acceptors (Lipinski definition) is 12. The molecule has 0 aromatic heterocycles. The summed E-state index contributed by atoms with van der Waals surface area (Å²) in [4.78, 5) is 127. The van der Waals surface area contributed by atoms with Crippen molar-refractivity contribution in [2.45, 2.75) is 12.8 Å². The molecule has 6 rings (SSSR count). The fraction of sp³-hybridized carbons (Fsp3) is 0.0370. The number of allylic oxidation sites excluding steroid dienone is 2. The van der Waals surface area contributed by atoms with Crippen LogP contribution >= 0.6 is 0 Å². The molecule has 0 amide bonds. The number of aromatic carboxylic acids is 12. The molecule has 24 nitrogen and oxygen atoms in total. The van der Waals surface area contributed by atoms with Crippen molar-refractivity contribution in [3.8, 4) is 0 Å². The highest BCUT2D eigenvalue weighted by Gasteiger charge is 2.22. The zero-order chi connectivity index (χ0) is 59.4. The Balaban J connectivity index is 0.000000472. The first-order chi connectivity index (χ1) is 36.7. The molecule has 0 spiro atoms. The molecule has 0 unspecified atom stereocenters. The summed E-state index contributed by atoms with van der Waals surface area (Å²) >= 11 is 0. The molecule has 6 aromatic carbocycles. The summed E-state index contributed by atoms with van der Waals surface area (Å²) in [6.07, 6.45) is 4.00. The Morgan fingerprint density at radius 3 is 0.577 bits per heavy atom. The summed E-state index contributed by atoms with van der Waals surface area (Å²) in [6, 6.07) is 30.3. The van der Waals surface area contributed by atoms with Crippen molar-refractivity contribution in [2.24, 2.45) is 0 Å². The third kappa shape index (κ3) is 19.8. The summed E-state index contributed by atoms with van der Waals surface area (Å²) in [5, 5.41) is 104. The van der Waals surface area contributed by atoms with E-state index in [9.17, 15) is 62.6 Å². The number of carbonyl (C=O) groups is 12. The van der Waals surface area contributed by atoms with Gasteiger partial charge < -0.3 is 61.3 Å². The van der Waals surface area contributed by atoms with Crippen LogP contribution in [0.5, 0.6) is 0 Å². The van der Waals surface area contributed by atoms with Gasteiger partial charge in [-0.15, -0.1) is 13.2 Å². The Labute approximate surface area is 438 Å². The zero-order valence-electron chi connectivity index (χ0n) is 40.0. The van der Waals surface area contributed by atoms with Gasteiger partial charge in [-0.1, -0.05) is 78.9 Å². The smallest absolute Gasteiger partial charge is 0.336 e. The third-order valence-corrected chi connectivity index (χ3v) is 9.51. The Kier molecular flexibility index (Phi) is 26.3. The molecule has 0 bridgehead atoms. The van der Waals surface area contributed by atoms with Crippen LogP contribution in [0.25, 0.3) is 0 Å². The maximum Gasteiger partial charge on any atom is 0.336 e. The standard InChI is InChI=1S/C14H14O4.5C8H6O4/c1-3-5-9-7-8-11(13(15)16)12(14(17)18)10(9)6-4-2;5*9-7(10)5-3-1-2-4-6(5)8(11)12/h3-4,7-8H,1-2,5-6H2,(H,15,16)(H,17,18);5*1-4H,(H,9,10)(H,11,12). The second-order valence-corrected chi connectivity index (χ2v) is 14.5. The van der Waals surface area contributed by atoms with Crippen LogP contribution in [0.15, 0.2) is 159 Å². The van der Waals surface area contributed by atoms with Crippen molar-refractivity contribution >= 4 is 71.6 Å². The van der Waals surface area contributed by atoms with E-state index in [0.717, 1.165) is 5.56 Å². The van der Waals surface area contributed by atoms with Crippen LogP contribution in [0.2, 0.25) is 0 Å². The summed E-state index contributed by atoms with van der Waals surface area (Å²) < 4.78 is 0. The Morgan fingerprint density at radius 1 is 0.256 bits per heavy atom. The Hall–Kier alpha value is -11.6. The van der Waals surface area contributed by atoms with Crippen LogP contribution in [0.4, 0.5) is 0 Å². The highest BCUT2D eigenvalue weighted by molar-refractivity contribution is 6.05. The van der Waals surface area contributed by atoms with Gasteiger partial charge in [-0.25, -0.2) is 57.5 Å². The highest BCUT2D eigenvalue weighted by Crippen LogP contribution is 2.22. The molecule has 0 aliphatic carbocycles. The number of hydrogen-bond donors (Lipinski definition) is 12. The molecule has 0 saturated carbocycles. The van der Waals surface area contributed by atoms with Crippen molar-refractivity contribution in [1.82, 2.24) is 0 Å². The molecule has 0 fully saturated rings. The van der Waals surface area contributed by atoms with Crippen molar-refractivity contribution < 1.29 is 119 Å². The number of benzene rings is 6. The van der Waals surface area contributed by atoms with Gasteiger partial charge in [-0.05, 0) is 90.7 Å². The Bertz CT molecular complexity index is 2720. The molecule has 0 saturated heterocycles. The number of rotatable bonds is 16. The molecular formula is C54H44O24. The van der Waals surface area contributed by atoms with Crippen LogP contribution in [-0.2, 0) is 12.8 Å². The van der Waals surface area contributed by atoms with Crippen LogP contribution in [0, 0.1) is 0 Å². The monoisotopic (exact) mass is 1080 g/mol. The minimum Gasteiger partial charge on any atom is -0.478 e.